The van der Waals surface area contributed by atoms with Crippen molar-refractivity contribution in [3.63, 3.8) is 0 Å². The van der Waals surface area contributed by atoms with Crippen LogP contribution in [0.1, 0.15) is 86.0 Å². The average Bonchev–Trinajstić information content (AvgIpc) is 3.56. The second kappa shape index (κ2) is 12.9. The molecule has 8 rings (SSSR count). The zero-order valence-electron chi connectivity index (χ0n) is 28.8. The quantitative estimate of drug-likeness (QED) is 0.197. The lowest BCUT2D eigenvalue weighted by atomic mass is 9.87. The smallest absolute Gasteiger partial charge is 0.0998 e. The fraction of sp³-hybridized carbons (Fsp3) is 0.239. The van der Waals surface area contributed by atoms with Crippen molar-refractivity contribution in [3.05, 3.63) is 154 Å². The maximum Gasteiger partial charge on any atom is 0.0998 e. The number of anilines is 2. The van der Waals surface area contributed by atoms with Gasteiger partial charge >= 0.3 is 0 Å². The monoisotopic (exact) mass is 637 g/mol. The van der Waals surface area contributed by atoms with E-state index < -0.39 is 0 Å². The van der Waals surface area contributed by atoms with Gasteiger partial charge < -0.3 is 9.47 Å². The number of para-hydroxylation sites is 1. The summed E-state index contributed by atoms with van der Waals surface area (Å²) < 4.78 is 2.52. The first-order valence-corrected chi connectivity index (χ1v) is 17.9. The molecule has 3 aromatic carbocycles. The zero-order chi connectivity index (χ0) is 33.5. The number of hydrogen-bond acceptors (Lipinski definition) is 2. The highest BCUT2D eigenvalue weighted by molar-refractivity contribution is 5.87. The van der Waals surface area contributed by atoms with Crippen molar-refractivity contribution in [1.82, 2.24) is 4.57 Å². The van der Waals surface area contributed by atoms with E-state index in [1.165, 1.54) is 61.8 Å². The number of aromatic nitrogens is 1. The molecule has 4 aromatic rings. The number of hydrogen-bond donors (Lipinski definition) is 0. The van der Waals surface area contributed by atoms with Crippen LogP contribution in [-0.2, 0) is 12.8 Å². The minimum absolute atomic E-state index is 0.438. The Bertz CT molecular complexity index is 2170. The van der Waals surface area contributed by atoms with E-state index in [0.717, 1.165) is 55.2 Å². The van der Waals surface area contributed by atoms with Gasteiger partial charge in [0.05, 0.1) is 17.3 Å². The summed E-state index contributed by atoms with van der Waals surface area (Å²) >= 11 is 0. The van der Waals surface area contributed by atoms with Crippen molar-refractivity contribution in [2.24, 2.45) is 0 Å². The summed E-state index contributed by atoms with van der Waals surface area (Å²) in [5.74, 6) is 0.438. The highest BCUT2D eigenvalue weighted by Gasteiger charge is 2.38. The maximum atomic E-state index is 10.2. The highest BCUT2D eigenvalue weighted by Crippen LogP contribution is 2.49. The summed E-state index contributed by atoms with van der Waals surface area (Å²) in [7, 11) is 0. The molecule has 1 aliphatic heterocycles. The molecule has 49 heavy (non-hydrogen) atoms. The maximum absolute atomic E-state index is 10.2. The fourth-order valence-corrected chi connectivity index (χ4v) is 8.58. The minimum atomic E-state index is 0.438. The van der Waals surface area contributed by atoms with Gasteiger partial charge in [-0.15, -0.1) is 0 Å². The molecule has 0 saturated heterocycles. The Balaban J connectivity index is 1.32. The second-order valence-electron chi connectivity index (χ2n) is 13.7. The number of fused-ring (bicyclic) bond motifs is 4. The van der Waals surface area contributed by atoms with E-state index in [-0.39, 0.29) is 0 Å². The number of rotatable bonds is 6. The summed E-state index contributed by atoms with van der Waals surface area (Å²) in [4.78, 5) is 2.58. The lowest BCUT2D eigenvalue weighted by Gasteiger charge is -2.31. The summed E-state index contributed by atoms with van der Waals surface area (Å²) in [6.45, 7) is 6.48. The standard InChI is InChI=1S/C46H43N3/c1-4-13-42-36(5-2)38-15-6-11-21-45(38)49(42)46-27-24-33(37-18-12-14-31(3)28-34(37)30-47)29-41(46)32-22-25-35(26-23-32)48-43-19-9-7-16-39(43)40-17-8-10-20-44(40)48/h4,6-9,12-13,15-19,22-29,40,44H,5,10-11,14,20-21H2,1-3H3/b13-4-. The van der Waals surface area contributed by atoms with E-state index in [2.05, 4.69) is 152 Å². The van der Waals surface area contributed by atoms with Crippen molar-refractivity contribution in [1.29, 1.82) is 5.26 Å². The van der Waals surface area contributed by atoms with Gasteiger partial charge in [-0.25, -0.2) is 0 Å². The number of benzene rings is 3. The normalized spacial score (nSPS) is 19.5. The highest BCUT2D eigenvalue weighted by atomic mass is 15.2. The molecule has 0 saturated carbocycles. The van der Waals surface area contributed by atoms with Gasteiger partial charge in [0, 0.05) is 40.3 Å². The van der Waals surface area contributed by atoms with E-state index in [1.807, 2.05) is 6.08 Å². The molecule has 0 N–H and O–H groups in total. The van der Waals surface area contributed by atoms with Gasteiger partial charge in [0.2, 0.25) is 0 Å². The second-order valence-corrected chi connectivity index (χ2v) is 13.7. The molecule has 3 nitrogen and oxygen atoms in total. The molecule has 0 fully saturated rings. The molecule has 1 aromatic heterocycles. The molecule has 3 heteroatoms. The Morgan fingerprint density at radius 1 is 0.918 bits per heavy atom. The third-order valence-corrected chi connectivity index (χ3v) is 10.8. The van der Waals surface area contributed by atoms with Crippen LogP contribution in [0.5, 0.6) is 0 Å². The Morgan fingerprint density at radius 3 is 2.57 bits per heavy atom. The molecule has 4 aliphatic rings. The first kappa shape index (κ1) is 31.0. The van der Waals surface area contributed by atoms with E-state index >= 15 is 0 Å². The molecule has 242 valence electrons. The molecule has 0 amide bonds. The molecular weight excluding hydrogens is 595 g/mol. The Hall–Kier alpha value is -5.33. The molecule has 0 radical (unpaired) electrons. The SMILES string of the molecule is C/C=C\c1c(CC)c2c(n1-c1ccc(C3=C(C#N)C=C(C)CC=C3)cc1-c1ccc(N3c4ccccc4C4C=CCCC43)cc1)CCC=C2. The first-order valence-electron chi connectivity index (χ1n) is 17.9. The number of nitrogens with zero attached hydrogens (tertiary/aromatic N) is 3. The summed E-state index contributed by atoms with van der Waals surface area (Å²) in [6, 6.07) is 27.9. The molecular formula is C46H43N3. The van der Waals surface area contributed by atoms with Crippen molar-refractivity contribution < 1.29 is 0 Å². The van der Waals surface area contributed by atoms with Crippen molar-refractivity contribution >= 4 is 29.1 Å². The Morgan fingerprint density at radius 2 is 1.76 bits per heavy atom. The summed E-state index contributed by atoms with van der Waals surface area (Å²) in [5.41, 5.74) is 16.9. The van der Waals surface area contributed by atoms with Crippen molar-refractivity contribution in [2.45, 2.75) is 71.3 Å². The van der Waals surface area contributed by atoms with E-state index in [0.29, 0.717) is 12.0 Å². The topological polar surface area (TPSA) is 32.0 Å². The lowest BCUT2D eigenvalue weighted by molar-refractivity contribution is 0.565. The predicted octanol–water partition coefficient (Wildman–Crippen LogP) is 11.8. The van der Waals surface area contributed by atoms with Crippen LogP contribution in [0.2, 0.25) is 0 Å². The van der Waals surface area contributed by atoms with Gasteiger partial charge in [0.25, 0.3) is 0 Å². The van der Waals surface area contributed by atoms with Gasteiger partial charge in [-0.05, 0) is 128 Å². The van der Waals surface area contributed by atoms with Gasteiger partial charge in [0.1, 0.15) is 0 Å². The molecule has 2 unspecified atom stereocenters. The molecule has 0 spiro atoms. The van der Waals surface area contributed by atoms with Crippen LogP contribution in [-0.4, -0.2) is 10.6 Å². The Labute approximate surface area is 291 Å². The minimum Gasteiger partial charge on any atom is -0.337 e. The van der Waals surface area contributed by atoms with E-state index in [1.54, 1.807) is 0 Å². The summed E-state index contributed by atoms with van der Waals surface area (Å²) in [5, 5.41) is 10.2. The first-order chi connectivity index (χ1) is 24.1. The van der Waals surface area contributed by atoms with Gasteiger partial charge in [-0.3, -0.25) is 0 Å². The van der Waals surface area contributed by atoms with Gasteiger partial charge in [-0.2, -0.15) is 5.26 Å². The van der Waals surface area contributed by atoms with Gasteiger partial charge in [0.15, 0.2) is 0 Å². The van der Waals surface area contributed by atoms with Crippen molar-refractivity contribution in [2.75, 3.05) is 4.90 Å². The molecule has 2 atom stereocenters. The van der Waals surface area contributed by atoms with Crippen LogP contribution in [0.15, 0.2) is 120 Å². The molecule has 3 aliphatic carbocycles. The van der Waals surface area contributed by atoms with Gasteiger partial charge in [-0.1, -0.05) is 91.4 Å². The third kappa shape index (κ3) is 5.28. The largest absolute Gasteiger partial charge is 0.337 e. The van der Waals surface area contributed by atoms with Crippen LogP contribution < -0.4 is 4.90 Å². The fourth-order valence-electron chi connectivity index (χ4n) is 8.58. The number of allylic oxidation sites excluding steroid dienone is 9. The van der Waals surface area contributed by atoms with Crippen LogP contribution >= 0.6 is 0 Å². The van der Waals surface area contributed by atoms with Crippen molar-refractivity contribution in [3.8, 4) is 22.9 Å². The Kier molecular flexibility index (Phi) is 8.18. The zero-order valence-corrected chi connectivity index (χ0v) is 28.8. The van der Waals surface area contributed by atoms with Crippen LogP contribution in [0.25, 0.3) is 34.5 Å². The lowest BCUT2D eigenvalue weighted by Crippen LogP contribution is -2.30. The van der Waals surface area contributed by atoms with Crippen LogP contribution in [0.3, 0.4) is 0 Å². The predicted molar refractivity (Wildman–Crippen MR) is 206 cm³/mol. The van der Waals surface area contributed by atoms with Crippen LogP contribution in [0.4, 0.5) is 11.4 Å². The average molecular weight is 638 g/mol. The number of nitriles is 1. The molecule has 0 bridgehead atoms. The van der Waals surface area contributed by atoms with Crippen LogP contribution in [0, 0.1) is 11.3 Å². The van der Waals surface area contributed by atoms with E-state index in [4.69, 9.17) is 0 Å². The summed E-state index contributed by atoms with van der Waals surface area (Å²) in [6.07, 6.45) is 26.4. The van der Waals surface area contributed by atoms with E-state index in [9.17, 15) is 5.26 Å². The molecule has 2 heterocycles. The third-order valence-electron chi connectivity index (χ3n) is 10.8.